The monoisotopic (exact) mass is 396 g/mol. The SMILES string of the molecule is CCOC(=O)c1ccc(C#CCCNC(=O)OCc2ccccc2)c([N+](=O)[O-])c1. The Balaban J connectivity index is 1.86. The van der Waals surface area contributed by atoms with Crippen LogP contribution in [-0.2, 0) is 16.1 Å². The number of esters is 1. The average Bonchev–Trinajstić information content (AvgIpc) is 2.73. The summed E-state index contributed by atoms with van der Waals surface area (Å²) in [5, 5.41) is 13.8. The van der Waals surface area contributed by atoms with Crippen LogP contribution in [0.1, 0.15) is 34.8 Å². The van der Waals surface area contributed by atoms with Gasteiger partial charge in [-0.25, -0.2) is 9.59 Å². The number of amides is 1. The Morgan fingerprint density at radius 1 is 1.14 bits per heavy atom. The van der Waals surface area contributed by atoms with E-state index < -0.39 is 17.0 Å². The molecular formula is C21H20N2O6. The van der Waals surface area contributed by atoms with E-state index in [4.69, 9.17) is 9.47 Å². The minimum Gasteiger partial charge on any atom is -0.462 e. The number of benzene rings is 2. The van der Waals surface area contributed by atoms with Gasteiger partial charge in [-0.3, -0.25) is 10.1 Å². The summed E-state index contributed by atoms with van der Waals surface area (Å²) in [5.41, 5.74) is 0.862. The van der Waals surface area contributed by atoms with Crippen molar-refractivity contribution in [3.05, 3.63) is 75.3 Å². The van der Waals surface area contributed by atoms with Crippen LogP contribution in [0, 0.1) is 22.0 Å². The lowest BCUT2D eigenvalue weighted by Crippen LogP contribution is -2.24. The van der Waals surface area contributed by atoms with Crippen LogP contribution in [-0.4, -0.2) is 30.1 Å². The van der Waals surface area contributed by atoms with Crippen LogP contribution in [0.4, 0.5) is 10.5 Å². The first kappa shape index (κ1) is 21.4. The molecular weight excluding hydrogens is 376 g/mol. The van der Waals surface area contributed by atoms with E-state index in [1.807, 2.05) is 30.3 Å². The Labute approximate surface area is 168 Å². The van der Waals surface area contributed by atoms with Crippen molar-refractivity contribution >= 4 is 17.7 Å². The first-order chi connectivity index (χ1) is 14.0. The summed E-state index contributed by atoms with van der Waals surface area (Å²) in [7, 11) is 0. The molecule has 0 aliphatic rings. The molecule has 0 saturated carbocycles. The van der Waals surface area contributed by atoms with Gasteiger partial charge in [0.25, 0.3) is 5.69 Å². The van der Waals surface area contributed by atoms with Gasteiger partial charge in [-0.2, -0.15) is 0 Å². The summed E-state index contributed by atoms with van der Waals surface area (Å²) in [5.74, 6) is 4.82. The third kappa shape index (κ3) is 6.99. The van der Waals surface area contributed by atoms with Gasteiger partial charge >= 0.3 is 12.1 Å². The third-order valence-electron chi connectivity index (χ3n) is 3.66. The average molecular weight is 396 g/mol. The Morgan fingerprint density at radius 3 is 2.59 bits per heavy atom. The van der Waals surface area contributed by atoms with Crippen LogP contribution in [0.2, 0.25) is 0 Å². The van der Waals surface area contributed by atoms with Gasteiger partial charge in [0, 0.05) is 19.0 Å². The maximum absolute atomic E-state index is 11.7. The number of nitro groups is 1. The lowest BCUT2D eigenvalue weighted by Gasteiger charge is -2.05. The van der Waals surface area contributed by atoms with E-state index in [0.717, 1.165) is 11.6 Å². The van der Waals surface area contributed by atoms with Crippen LogP contribution in [0.15, 0.2) is 48.5 Å². The molecule has 2 aromatic carbocycles. The van der Waals surface area contributed by atoms with Crippen molar-refractivity contribution in [2.75, 3.05) is 13.2 Å². The maximum atomic E-state index is 11.7. The lowest BCUT2D eigenvalue weighted by molar-refractivity contribution is -0.385. The van der Waals surface area contributed by atoms with Gasteiger partial charge in [-0.1, -0.05) is 42.2 Å². The zero-order valence-corrected chi connectivity index (χ0v) is 15.8. The Hall–Kier alpha value is -3.86. The molecule has 0 fully saturated rings. The predicted molar refractivity (Wildman–Crippen MR) is 105 cm³/mol. The Bertz CT molecular complexity index is 931. The van der Waals surface area contributed by atoms with Gasteiger partial charge in [-0.15, -0.1) is 0 Å². The number of rotatable bonds is 7. The Morgan fingerprint density at radius 2 is 1.90 bits per heavy atom. The van der Waals surface area contributed by atoms with Crippen molar-refractivity contribution in [2.24, 2.45) is 0 Å². The van der Waals surface area contributed by atoms with Gasteiger partial charge in [0.15, 0.2) is 0 Å². The summed E-state index contributed by atoms with van der Waals surface area (Å²) in [4.78, 5) is 34.0. The van der Waals surface area contributed by atoms with Gasteiger partial charge in [0.05, 0.1) is 17.1 Å². The molecule has 0 aromatic heterocycles. The number of hydrogen-bond acceptors (Lipinski definition) is 6. The van der Waals surface area contributed by atoms with Crippen molar-refractivity contribution in [2.45, 2.75) is 20.0 Å². The van der Waals surface area contributed by atoms with E-state index in [0.29, 0.717) is 0 Å². The highest BCUT2D eigenvalue weighted by Crippen LogP contribution is 2.20. The number of nitrogens with zero attached hydrogens (tertiary/aromatic N) is 1. The molecule has 0 saturated heterocycles. The Kier molecular flexibility index (Phi) is 8.20. The summed E-state index contributed by atoms with van der Waals surface area (Å²) in [6.07, 6.45) is -0.294. The molecule has 0 bridgehead atoms. The summed E-state index contributed by atoms with van der Waals surface area (Å²) >= 11 is 0. The van der Waals surface area contributed by atoms with Crippen molar-refractivity contribution in [1.82, 2.24) is 5.32 Å². The van der Waals surface area contributed by atoms with Crippen LogP contribution in [0.5, 0.6) is 0 Å². The smallest absolute Gasteiger partial charge is 0.407 e. The molecule has 0 aliphatic heterocycles. The van der Waals surface area contributed by atoms with E-state index in [1.54, 1.807) is 6.92 Å². The summed E-state index contributed by atoms with van der Waals surface area (Å²) in [6, 6.07) is 13.2. The fourth-order valence-corrected chi connectivity index (χ4v) is 2.29. The molecule has 8 nitrogen and oxygen atoms in total. The minimum absolute atomic E-state index is 0.0897. The number of carbonyl (C=O) groups is 2. The molecule has 29 heavy (non-hydrogen) atoms. The molecule has 0 aliphatic carbocycles. The number of ether oxygens (including phenoxy) is 2. The van der Waals surface area contributed by atoms with Gasteiger partial charge in [-0.05, 0) is 24.6 Å². The number of nitro benzene ring substituents is 1. The first-order valence-corrected chi connectivity index (χ1v) is 8.90. The standard InChI is InChI=1S/C21H20N2O6/c1-2-28-20(24)18-12-11-17(19(14-18)23(26)27)10-6-7-13-22-21(25)29-15-16-8-4-3-5-9-16/h3-5,8-9,11-12,14H,2,7,13,15H2,1H3,(H,22,25). The van der Waals surface area contributed by atoms with E-state index in [2.05, 4.69) is 17.2 Å². The second-order valence-corrected chi connectivity index (χ2v) is 5.75. The topological polar surface area (TPSA) is 108 Å². The van der Waals surface area contributed by atoms with Crippen LogP contribution < -0.4 is 5.32 Å². The first-order valence-electron chi connectivity index (χ1n) is 8.90. The van der Waals surface area contributed by atoms with Gasteiger partial charge in [0.1, 0.15) is 12.2 Å². The molecule has 1 amide bonds. The molecule has 2 rings (SSSR count). The van der Waals surface area contributed by atoms with Crippen molar-refractivity contribution in [3.8, 4) is 11.8 Å². The number of alkyl carbamates (subject to hydrolysis) is 1. The van der Waals surface area contributed by atoms with Crippen LogP contribution in [0.25, 0.3) is 0 Å². The number of nitrogens with one attached hydrogen (secondary N) is 1. The van der Waals surface area contributed by atoms with Crippen LogP contribution >= 0.6 is 0 Å². The van der Waals surface area contributed by atoms with Crippen LogP contribution in [0.3, 0.4) is 0 Å². The molecule has 2 aromatic rings. The minimum atomic E-state index is -0.631. The van der Waals surface area contributed by atoms with Gasteiger partial charge in [0.2, 0.25) is 0 Å². The fraction of sp³-hybridized carbons (Fsp3) is 0.238. The van der Waals surface area contributed by atoms with E-state index in [1.165, 1.54) is 12.1 Å². The van der Waals surface area contributed by atoms with E-state index in [-0.39, 0.29) is 43.0 Å². The second kappa shape index (κ2) is 11.1. The maximum Gasteiger partial charge on any atom is 0.407 e. The molecule has 0 radical (unpaired) electrons. The molecule has 0 heterocycles. The number of hydrogen-bond donors (Lipinski definition) is 1. The highest BCUT2D eigenvalue weighted by molar-refractivity contribution is 5.90. The zero-order chi connectivity index (χ0) is 21.1. The molecule has 150 valence electrons. The summed E-state index contributed by atoms with van der Waals surface area (Å²) in [6.45, 7) is 2.22. The van der Waals surface area contributed by atoms with Gasteiger partial charge < -0.3 is 14.8 Å². The number of carbonyl (C=O) groups excluding carboxylic acids is 2. The molecule has 0 unspecified atom stereocenters. The molecule has 0 atom stereocenters. The van der Waals surface area contributed by atoms with E-state index in [9.17, 15) is 19.7 Å². The normalized spacial score (nSPS) is 9.69. The summed E-state index contributed by atoms with van der Waals surface area (Å²) < 4.78 is 9.90. The fourth-order valence-electron chi connectivity index (χ4n) is 2.29. The molecule has 1 N–H and O–H groups in total. The lowest BCUT2D eigenvalue weighted by atomic mass is 10.1. The second-order valence-electron chi connectivity index (χ2n) is 5.75. The van der Waals surface area contributed by atoms with Crippen molar-refractivity contribution < 1.29 is 24.0 Å². The van der Waals surface area contributed by atoms with Crippen molar-refractivity contribution in [3.63, 3.8) is 0 Å². The predicted octanol–water partition coefficient (Wildman–Crippen LogP) is 3.44. The highest BCUT2D eigenvalue weighted by Gasteiger charge is 2.17. The third-order valence-corrected chi connectivity index (χ3v) is 3.66. The zero-order valence-electron chi connectivity index (χ0n) is 15.8. The quantitative estimate of drug-likeness (QED) is 0.253. The highest BCUT2D eigenvalue weighted by atomic mass is 16.6. The molecule has 8 heteroatoms. The molecule has 0 spiro atoms. The van der Waals surface area contributed by atoms with Crippen molar-refractivity contribution in [1.29, 1.82) is 0 Å². The largest absolute Gasteiger partial charge is 0.462 e. The van der Waals surface area contributed by atoms with E-state index >= 15 is 0 Å².